The van der Waals surface area contributed by atoms with Crippen molar-refractivity contribution in [1.82, 2.24) is 10.3 Å². The molecule has 20 heavy (non-hydrogen) atoms. The molecule has 0 bridgehead atoms. The predicted octanol–water partition coefficient (Wildman–Crippen LogP) is 3.29. The van der Waals surface area contributed by atoms with Gasteiger partial charge in [0.15, 0.2) is 10.8 Å². The molecule has 2 N–H and O–H groups in total. The molecule has 0 saturated heterocycles. The van der Waals surface area contributed by atoms with Crippen LogP contribution in [-0.2, 0) is 6.54 Å². The van der Waals surface area contributed by atoms with Crippen LogP contribution in [0.15, 0.2) is 28.2 Å². The van der Waals surface area contributed by atoms with E-state index < -0.39 is 0 Å². The zero-order valence-corrected chi connectivity index (χ0v) is 12.9. The molecule has 110 valence electrons. The molecule has 4 nitrogen and oxygen atoms in total. The van der Waals surface area contributed by atoms with Gasteiger partial charge in [-0.05, 0) is 36.9 Å². The monoisotopic (exact) mass is 294 g/mol. The third-order valence-electron chi connectivity index (χ3n) is 3.22. The zero-order chi connectivity index (χ0) is 14.4. The lowest BCUT2D eigenvalue weighted by Crippen LogP contribution is -2.21. The van der Waals surface area contributed by atoms with Gasteiger partial charge in [0.05, 0.1) is 12.0 Å². The second-order valence-corrected chi connectivity index (χ2v) is 6.58. The Morgan fingerprint density at radius 1 is 1.45 bits per heavy atom. The predicted molar refractivity (Wildman–Crippen MR) is 81.6 cm³/mol. The second-order valence-electron chi connectivity index (χ2n) is 5.72. The van der Waals surface area contributed by atoms with Gasteiger partial charge in [-0.2, -0.15) is 0 Å². The van der Waals surface area contributed by atoms with E-state index >= 15 is 0 Å². The summed E-state index contributed by atoms with van der Waals surface area (Å²) in [5, 5.41) is 15.6. The summed E-state index contributed by atoms with van der Waals surface area (Å²) in [5.74, 6) is 0.825. The van der Waals surface area contributed by atoms with Gasteiger partial charge in [0.25, 0.3) is 0 Å². The van der Waals surface area contributed by atoms with Crippen LogP contribution < -0.4 is 5.32 Å². The number of furan rings is 1. The van der Waals surface area contributed by atoms with Gasteiger partial charge in [0.2, 0.25) is 0 Å². The molecule has 0 atom stereocenters. The lowest BCUT2D eigenvalue weighted by Gasteiger charge is -2.21. The molecule has 0 aliphatic heterocycles. The molecule has 0 aliphatic carbocycles. The van der Waals surface area contributed by atoms with Crippen molar-refractivity contribution in [3.8, 4) is 10.8 Å². The van der Waals surface area contributed by atoms with Gasteiger partial charge in [-0.1, -0.05) is 13.8 Å². The number of aromatic nitrogens is 1. The maximum atomic E-state index is 9.18. The Kier molecular flexibility index (Phi) is 5.34. The number of aliphatic hydroxyl groups is 1. The summed E-state index contributed by atoms with van der Waals surface area (Å²) in [6.45, 7) is 6.13. The van der Waals surface area contributed by atoms with Crippen LogP contribution in [-0.4, -0.2) is 23.2 Å². The highest BCUT2D eigenvalue weighted by molar-refractivity contribution is 7.13. The van der Waals surface area contributed by atoms with Gasteiger partial charge in [-0.3, -0.25) is 0 Å². The molecule has 0 saturated carbocycles. The molecule has 0 aliphatic rings. The Labute approximate surface area is 123 Å². The topological polar surface area (TPSA) is 58.3 Å². The highest BCUT2D eigenvalue weighted by atomic mass is 32.1. The van der Waals surface area contributed by atoms with Crippen LogP contribution in [0.3, 0.4) is 0 Å². The summed E-state index contributed by atoms with van der Waals surface area (Å²) in [4.78, 5) is 4.54. The Morgan fingerprint density at radius 3 is 3.00 bits per heavy atom. The number of rotatable bonds is 8. The van der Waals surface area contributed by atoms with Gasteiger partial charge in [0.1, 0.15) is 0 Å². The SMILES string of the molecule is CC(C)(CO)CCCNCc1csc(-c2ccco2)n1. The lowest BCUT2D eigenvalue weighted by molar-refractivity contribution is 0.148. The van der Waals surface area contributed by atoms with Crippen molar-refractivity contribution in [2.75, 3.05) is 13.2 Å². The van der Waals surface area contributed by atoms with Gasteiger partial charge >= 0.3 is 0 Å². The van der Waals surface area contributed by atoms with Crippen LogP contribution in [0.2, 0.25) is 0 Å². The molecular weight excluding hydrogens is 272 g/mol. The third kappa shape index (κ3) is 4.44. The van der Waals surface area contributed by atoms with Crippen molar-refractivity contribution in [2.24, 2.45) is 5.41 Å². The van der Waals surface area contributed by atoms with E-state index in [4.69, 9.17) is 4.42 Å². The fraction of sp³-hybridized carbons (Fsp3) is 0.533. The Hall–Kier alpha value is -1.17. The van der Waals surface area contributed by atoms with E-state index in [1.165, 1.54) is 0 Å². The largest absolute Gasteiger partial charge is 0.462 e. The molecule has 0 aromatic carbocycles. The lowest BCUT2D eigenvalue weighted by atomic mass is 9.89. The van der Waals surface area contributed by atoms with Crippen LogP contribution in [0.25, 0.3) is 10.8 Å². The minimum absolute atomic E-state index is 0.0226. The highest BCUT2D eigenvalue weighted by Crippen LogP contribution is 2.24. The quantitative estimate of drug-likeness (QED) is 0.734. The van der Waals surface area contributed by atoms with Crippen LogP contribution in [0.1, 0.15) is 32.4 Å². The van der Waals surface area contributed by atoms with E-state index in [-0.39, 0.29) is 12.0 Å². The summed E-state index contributed by atoms with van der Waals surface area (Å²) in [6.07, 6.45) is 3.74. The van der Waals surface area contributed by atoms with Gasteiger partial charge < -0.3 is 14.8 Å². The van der Waals surface area contributed by atoms with E-state index in [2.05, 4.69) is 29.5 Å². The number of thiazole rings is 1. The highest BCUT2D eigenvalue weighted by Gasteiger charge is 2.15. The Balaban J connectivity index is 1.70. The molecule has 5 heteroatoms. The average Bonchev–Trinajstić information content (AvgIpc) is 3.09. The summed E-state index contributed by atoms with van der Waals surface area (Å²) in [5.41, 5.74) is 1.07. The van der Waals surface area contributed by atoms with E-state index in [1.807, 2.05) is 12.1 Å². The van der Waals surface area contributed by atoms with E-state index in [1.54, 1.807) is 17.6 Å². The third-order valence-corrected chi connectivity index (χ3v) is 4.13. The maximum Gasteiger partial charge on any atom is 0.162 e. The standard InChI is InChI=1S/C15H22N2O2S/c1-15(2,11-18)6-4-7-16-9-12-10-20-14(17-12)13-5-3-8-19-13/h3,5,8,10,16,18H,4,6-7,9,11H2,1-2H3. The van der Waals surface area contributed by atoms with Crippen LogP contribution in [0, 0.1) is 5.41 Å². The zero-order valence-electron chi connectivity index (χ0n) is 12.1. The number of aliphatic hydroxyl groups excluding tert-OH is 1. The smallest absolute Gasteiger partial charge is 0.162 e. The van der Waals surface area contributed by atoms with Crippen LogP contribution in [0.4, 0.5) is 0 Å². The van der Waals surface area contributed by atoms with E-state index in [9.17, 15) is 5.11 Å². The molecule has 2 aromatic heterocycles. The minimum atomic E-state index is 0.0226. The fourth-order valence-corrected chi connectivity index (χ4v) is 2.68. The molecular formula is C15H22N2O2S. The number of nitrogens with one attached hydrogen (secondary N) is 1. The van der Waals surface area contributed by atoms with Crippen LogP contribution >= 0.6 is 11.3 Å². The molecule has 0 amide bonds. The van der Waals surface area contributed by atoms with Gasteiger partial charge in [0, 0.05) is 18.5 Å². The molecule has 0 fully saturated rings. The average molecular weight is 294 g/mol. The molecule has 2 heterocycles. The Morgan fingerprint density at radius 2 is 2.30 bits per heavy atom. The van der Waals surface area contributed by atoms with Crippen LogP contribution in [0.5, 0.6) is 0 Å². The first-order valence-corrected chi connectivity index (χ1v) is 7.78. The molecule has 0 spiro atoms. The first-order chi connectivity index (χ1) is 9.61. The molecule has 0 radical (unpaired) electrons. The maximum absolute atomic E-state index is 9.18. The van der Waals surface area contributed by atoms with Crippen molar-refractivity contribution in [2.45, 2.75) is 33.2 Å². The van der Waals surface area contributed by atoms with E-state index in [0.29, 0.717) is 0 Å². The summed E-state index contributed by atoms with van der Waals surface area (Å²) in [7, 11) is 0. The van der Waals surface area contributed by atoms with Crippen molar-refractivity contribution < 1.29 is 9.52 Å². The summed E-state index contributed by atoms with van der Waals surface area (Å²) in [6, 6.07) is 3.80. The second kappa shape index (κ2) is 7.02. The number of hydrogen-bond donors (Lipinski definition) is 2. The summed E-state index contributed by atoms with van der Waals surface area (Å²) >= 11 is 1.60. The number of hydrogen-bond acceptors (Lipinski definition) is 5. The summed E-state index contributed by atoms with van der Waals surface area (Å²) < 4.78 is 5.33. The van der Waals surface area contributed by atoms with E-state index in [0.717, 1.165) is 42.4 Å². The Bertz CT molecular complexity index is 506. The first kappa shape index (κ1) is 15.2. The molecule has 2 rings (SSSR count). The van der Waals surface area contributed by atoms with Crippen molar-refractivity contribution in [1.29, 1.82) is 0 Å². The van der Waals surface area contributed by atoms with Crippen molar-refractivity contribution >= 4 is 11.3 Å². The minimum Gasteiger partial charge on any atom is -0.462 e. The number of nitrogens with zero attached hydrogens (tertiary/aromatic N) is 1. The van der Waals surface area contributed by atoms with Crippen molar-refractivity contribution in [3.05, 3.63) is 29.5 Å². The molecule has 2 aromatic rings. The van der Waals surface area contributed by atoms with Crippen molar-refractivity contribution in [3.63, 3.8) is 0 Å². The van der Waals surface area contributed by atoms with Gasteiger partial charge in [-0.25, -0.2) is 4.98 Å². The van der Waals surface area contributed by atoms with Gasteiger partial charge in [-0.15, -0.1) is 11.3 Å². The molecule has 0 unspecified atom stereocenters. The normalized spacial score (nSPS) is 11.9. The fourth-order valence-electron chi connectivity index (χ4n) is 1.89. The first-order valence-electron chi connectivity index (χ1n) is 6.90.